The lowest BCUT2D eigenvalue weighted by Crippen LogP contribution is -2.54. The summed E-state index contributed by atoms with van der Waals surface area (Å²) in [6, 6.07) is 5.23. The first-order valence-corrected chi connectivity index (χ1v) is 6.64. The van der Waals surface area contributed by atoms with Gasteiger partial charge in [-0.1, -0.05) is 6.07 Å². The van der Waals surface area contributed by atoms with Gasteiger partial charge in [-0.2, -0.15) is 0 Å². The van der Waals surface area contributed by atoms with Crippen LogP contribution in [0.5, 0.6) is 0 Å². The molecule has 2 N–H and O–H groups in total. The number of hydrogen-bond donors (Lipinski definition) is 2. The van der Waals surface area contributed by atoms with Crippen LogP contribution in [0.2, 0.25) is 0 Å². The Morgan fingerprint density at radius 3 is 2.85 bits per heavy atom. The fourth-order valence-corrected chi connectivity index (χ4v) is 2.80. The van der Waals surface area contributed by atoms with E-state index in [1.54, 1.807) is 13.1 Å². The highest BCUT2D eigenvalue weighted by Crippen LogP contribution is 2.37. The molecule has 2 heterocycles. The molecular formula is C14H17N3O3. The Balaban J connectivity index is 1.98. The normalized spacial score (nSPS) is 25.8. The lowest BCUT2D eigenvalue weighted by molar-refractivity contribution is -0.125. The van der Waals surface area contributed by atoms with E-state index in [1.807, 2.05) is 24.0 Å². The molecule has 6 nitrogen and oxygen atoms in total. The van der Waals surface area contributed by atoms with Crippen molar-refractivity contribution in [1.82, 2.24) is 5.32 Å². The van der Waals surface area contributed by atoms with Gasteiger partial charge in [0.05, 0.1) is 5.69 Å². The van der Waals surface area contributed by atoms with E-state index in [9.17, 15) is 14.7 Å². The van der Waals surface area contributed by atoms with Gasteiger partial charge in [0.1, 0.15) is 6.04 Å². The number of carbonyl (C=O) groups is 2. The Morgan fingerprint density at radius 1 is 1.35 bits per heavy atom. The lowest BCUT2D eigenvalue weighted by atomic mass is 10.1. The zero-order valence-electron chi connectivity index (χ0n) is 11.5. The van der Waals surface area contributed by atoms with Gasteiger partial charge < -0.3 is 20.2 Å². The van der Waals surface area contributed by atoms with Crippen molar-refractivity contribution in [3.63, 3.8) is 0 Å². The van der Waals surface area contributed by atoms with Crippen LogP contribution in [0, 0.1) is 0 Å². The van der Waals surface area contributed by atoms with Crippen molar-refractivity contribution in [2.75, 3.05) is 29.9 Å². The molecule has 3 rings (SSSR count). The second-order valence-corrected chi connectivity index (χ2v) is 5.20. The van der Waals surface area contributed by atoms with Crippen LogP contribution in [0.1, 0.15) is 18.6 Å². The summed E-state index contributed by atoms with van der Waals surface area (Å²) in [5.41, 5.74) is 2.22. The number of carbonyl (C=O) groups excluding carboxylic acids is 2. The number of rotatable bonds is 1. The summed E-state index contributed by atoms with van der Waals surface area (Å²) >= 11 is 0. The summed E-state index contributed by atoms with van der Waals surface area (Å²) in [6.07, 6.45) is -1.08. The van der Waals surface area contributed by atoms with Crippen LogP contribution in [-0.2, 0) is 9.59 Å². The van der Waals surface area contributed by atoms with E-state index in [2.05, 4.69) is 5.32 Å². The molecule has 0 radical (unpaired) electrons. The maximum absolute atomic E-state index is 11.8. The second-order valence-electron chi connectivity index (χ2n) is 5.20. The average Bonchev–Trinajstić information content (AvgIpc) is 2.67. The summed E-state index contributed by atoms with van der Waals surface area (Å²) in [5, 5.41) is 12.7. The molecule has 2 aliphatic heterocycles. The van der Waals surface area contributed by atoms with Crippen molar-refractivity contribution in [3.8, 4) is 0 Å². The molecule has 2 atom stereocenters. The van der Waals surface area contributed by atoms with Crippen LogP contribution < -0.4 is 15.1 Å². The van der Waals surface area contributed by atoms with E-state index in [1.165, 1.54) is 4.90 Å². The number of nitrogens with zero attached hydrogens (tertiary/aromatic N) is 2. The third kappa shape index (κ3) is 1.76. The molecule has 0 spiro atoms. The minimum absolute atomic E-state index is 0.00112. The number of hydrogen-bond acceptors (Lipinski definition) is 4. The molecule has 2 amide bonds. The highest BCUT2D eigenvalue weighted by atomic mass is 16.3. The summed E-state index contributed by atoms with van der Waals surface area (Å²) in [7, 11) is 1.65. The predicted molar refractivity (Wildman–Crippen MR) is 74.6 cm³/mol. The SMILES string of the molecule is CC1C(=O)NCCN1c1ccc2c(c1)N(C)C(=O)C2O. The standard InChI is InChI=1S/C14H17N3O3/c1-8-13(19)15-5-6-17(8)9-3-4-10-11(7-9)16(2)14(20)12(10)18/h3-4,7-8,12,18H,5-6H2,1-2H3,(H,15,19). The second kappa shape index (κ2) is 4.49. The van der Waals surface area contributed by atoms with Gasteiger partial charge in [-0.25, -0.2) is 0 Å². The lowest BCUT2D eigenvalue weighted by Gasteiger charge is -2.35. The number of amides is 2. The van der Waals surface area contributed by atoms with Crippen molar-refractivity contribution in [2.24, 2.45) is 0 Å². The summed E-state index contributed by atoms with van der Waals surface area (Å²) < 4.78 is 0. The van der Waals surface area contributed by atoms with Crippen LogP contribution in [-0.4, -0.2) is 43.1 Å². The van der Waals surface area contributed by atoms with Gasteiger partial charge in [-0.15, -0.1) is 0 Å². The molecule has 1 aromatic carbocycles. The first-order chi connectivity index (χ1) is 9.50. The van der Waals surface area contributed by atoms with Gasteiger partial charge in [0.25, 0.3) is 5.91 Å². The number of aliphatic hydroxyl groups is 1. The molecule has 0 saturated carbocycles. The topological polar surface area (TPSA) is 72.9 Å². The highest BCUT2D eigenvalue weighted by Gasteiger charge is 2.34. The van der Waals surface area contributed by atoms with E-state index in [-0.39, 0.29) is 17.9 Å². The Labute approximate surface area is 117 Å². The van der Waals surface area contributed by atoms with E-state index in [4.69, 9.17) is 0 Å². The van der Waals surface area contributed by atoms with E-state index in [0.29, 0.717) is 17.8 Å². The maximum atomic E-state index is 11.8. The number of piperazine rings is 1. The summed E-state index contributed by atoms with van der Waals surface area (Å²) in [6.45, 7) is 3.19. The van der Waals surface area contributed by atoms with Crippen LogP contribution in [0.3, 0.4) is 0 Å². The van der Waals surface area contributed by atoms with Crippen LogP contribution in [0.25, 0.3) is 0 Å². The van der Waals surface area contributed by atoms with Gasteiger partial charge >= 0.3 is 0 Å². The Bertz CT molecular complexity index is 587. The van der Waals surface area contributed by atoms with Crippen molar-refractivity contribution < 1.29 is 14.7 Å². The molecule has 20 heavy (non-hydrogen) atoms. The first-order valence-electron chi connectivity index (χ1n) is 6.64. The highest BCUT2D eigenvalue weighted by molar-refractivity contribution is 6.04. The fourth-order valence-electron chi connectivity index (χ4n) is 2.80. The Hall–Kier alpha value is -2.08. The third-order valence-electron chi connectivity index (χ3n) is 4.06. The van der Waals surface area contributed by atoms with E-state index >= 15 is 0 Å². The molecule has 6 heteroatoms. The number of fused-ring (bicyclic) bond motifs is 1. The predicted octanol–water partition coefficient (Wildman–Crippen LogP) is 0.0211. The van der Waals surface area contributed by atoms with Gasteiger partial charge in [0.15, 0.2) is 6.10 Å². The molecule has 0 aromatic heterocycles. The number of anilines is 2. The molecule has 2 unspecified atom stereocenters. The van der Waals surface area contributed by atoms with Gasteiger partial charge in [-0.05, 0) is 19.1 Å². The van der Waals surface area contributed by atoms with Crippen molar-refractivity contribution >= 4 is 23.2 Å². The van der Waals surface area contributed by atoms with Gasteiger partial charge in [-0.3, -0.25) is 9.59 Å². The molecule has 0 aliphatic carbocycles. The van der Waals surface area contributed by atoms with Gasteiger partial charge in [0, 0.05) is 31.4 Å². The Morgan fingerprint density at radius 2 is 2.10 bits per heavy atom. The molecule has 1 fully saturated rings. The average molecular weight is 275 g/mol. The van der Waals surface area contributed by atoms with E-state index in [0.717, 1.165) is 12.2 Å². The Kier molecular flexibility index (Phi) is 2.90. The quantitative estimate of drug-likeness (QED) is 0.758. The number of likely N-dealkylation sites (N-methyl/N-ethyl adjacent to an activating group) is 1. The zero-order valence-corrected chi connectivity index (χ0v) is 11.5. The molecule has 2 aliphatic rings. The smallest absolute Gasteiger partial charge is 0.260 e. The third-order valence-corrected chi connectivity index (χ3v) is 4.06. The maximum Gasteiger partial charge on any atom is 0.260 e. The van der Waals surface area contributed by atoms with Gasteiger partial charge in [0.2, 0.25) is 5.91 Å². The monoisotopic (exact) mass is 275 g/mol. The fraction of sp³-hybridized carbons (Fsp3) is 0.429. The van der Waals surface area contributed by atoms with E-state index < -0.39 is 6.10 Å². The number of aliphatic hydroxyl groups excluding tert-OH is 1. The van der Waals surface area contributed by atoms with Crippen molar-refractivity contribution in [1.29, 1.82) is 0 Å². The largest absolute Gasteiger partial charge is 0.378 e. The molecule has 1 aromatic rings. The molecular weight excluding hydrogens is 258 g/mol. The van der Waals surface area contributed by atoms with Crippen LogP contribution in [0.15, 0.2) is 18.2 Å². The molecule has 106 valence electrons. The van der Waals surface area contributed by atoms with Crippen molar-refractivity contribution in [2.45, 2.75) is 19.1 Å². The summed E-state index contributed by atoms with van der Waals surface area (Å²) in [4.78, 5) is 26.9. The molecule has 1 saturated heterocycles. The van der Waals surface area contributed by atoms with Crippen molar-refractivity contribution in [3.05, 3.63) is 23.8 Å². The zero-order chi connectivity index (χ0) is 14.4. The van der Waals surface area contributed by atoms with Crippen LogP contribution in [0.4, 0.5) is 11.4 Å². The number of nitrogens with one attached hydrogen (secondary N) is 1. The molecule has 0 bridgehead atoms. The minimum Gasteiger partial charge on any atom is -0.378 e. The first kappa shape index (κ1) is 12.9. The summed E-state index contributed by atoms with van der Waals surface area (Å²) in [5.74, 6) is -0.317. The number of benzene rings is 1. The minimum atomic E-state index is -1.08. The van der Waals surface area contributed by atoms with Crippen LogP contribution >= 0.6 is 0 Å².